The molecule has 9 nitrogen and oxygen atoms in total. The third-order valence-corrected chi connectivity index (χ3v) is 7.53. The molecule has 4 aromatic rings. The first-order chi connectivity index (χ1) is 18.5. The van der Waals surface area contributed by atoms with Gasteiger partial charge in [-0.2, -0.15) is 5.10 Å². The second-order valence-corrected chi connectivity index (χ2v) is 9.87. The number of carbonyl (C=O) groups is 2. The molecule has 2 N–H and O–H groups in total. The van der Waals surface area contributed by atoms with Crippen LogP contribution < -0.4 is 5.73 Å². The first-order valence-electron chi connectivity index (χ1n) is 12.9. The molecule has 38 heavy (non-hydrogen) atoms. The fraction of sp³-hybridized carbons (Fsp3) is 0.276. The number of benzene rings is 2. The lowest BCUT2D eigenvalue weighted by Gasteiger charge is -2.32. The zero-order valence-corrected chi connectivity index (χ0v) is 21.1. The molecule has 4 heterocycles. The molecule has 2 aliphatic heterocycles. The summed E-state index contributed by atoms with van der Waals surface area (Å²) in [5, 5.41) is 5.66. The molecule has 2 aliphatic rings. The van der Waals surface area contributed by atoms with Crippen molar-refractivity contribution in [2.45, 2.75) is 31.8 Å². The Balaban J connectivity index is 1.28. The standard InChI is InChI=1S/C29H29N7O2/c1-2-24(37)34-14-5-7-22(17-34)36-28-25(27(30)31-18-32-28)26(33-36)21-11-9-19(10-12-21)16-35-15-13-20-6-3-4-8-23(20)29(35)38/h2-4,6,8-12,18,22H,1,5,7,13-17H2,(H2,30,31,32). The van der Waals surface area contributed by atoms with E-state index in [1.165, 1.54) is 12.4 Å². The van der Waals surface area contributed by atoms with E-state index in [0.717, 1.165) is 41.5 Å². The van der Waals surface area contributed by atoms with Crippen LogP contribution in [-0.2, 0) is 17.8 Å². The van der Waals surface area contributed by atoms with E-state index in [1.54, 1.807) is 4.90 Å². The van der Waals surface area contributed by atoms with E-state index in [0.29, 0.717) is 48.7 Å². The summed E-state index contributed by atoms with van der Waals surface area (Å²) in [7, 11) is 0. The number of piperidine rings is 1. The van der Waals surface area contributed by atoms with Gasteiger partial charge in [0.15, 0.2) is 5.65 Å². The Labute approximate surface area is 220 Å². The van der Waals surface area contributed by atoms with Gasteiger partial charge in [-0.1, -0.05) is 49.0 Å². The number of nitrogens with two attached hydrogens (primary N) is 1. The Morgan fingerprint density at radius 1 is 1.11 bits per heavy atom. The molecule has 0 bridgehead atoms. The van der Waals surface area contributed by atoms with E-state index in [1.807, 2.05) is 58.1 Å². The average Bonchev–Trinajstić information content (AvgIpc) is 3.36. The van der Waals surface area contributed by atoms with Gasteiger partial charge in [-0.3, -0.25) is 9.59 Å². The van der Waals surface area contributed by atoms with E-state index in [4.69, 9.17) is 10.8 Å². The third-order valence-electron chi connectivity index (χ3n) is 7.53. The normalized spacial score (nSPS) is 17.5. The molecule has 192 valence electrons. The van der Waals surface area contributed by atoms with Crippen molar-refractivity contribution >= 4 is 28.7 Å². The number of carbonyl (C=O) groups excluding carboxylic acids is 2. The van der Waals surface area contributed by atoms with Crippen LogP contribution in [0.4, 0.5) is 5.82 Å². The van der Waals surface area contributed by atoms with Crippen LogP contribution in [0.2, 0.25) is 0 Å². The minimum Gasteiger partial charge on any atom is -0.383 e. The molecule has 2 aromatic carbocycles. The van der Waals surface area contributed by atoms with Crippen LogP contribution >= 0.6 is 0 Å². The number of nitrogens with zero attached hydrogens (tertiary/aromatic N) is 6. The number of nitrogen functional groups attached to an aromatic ring is 1. The van der Waals surface area contributed by atoms with Crippen molar-refractivity contribution in [1.82, 2.24) is 29.5 Å². The number of likely N-dealkylation sites (tertiary alicyclic amines) is 1. The molecule has 0 saturated carbocycles. The minimum atomic E-state index is -0.0770. The Bertz CT molecular complexity index is 1540. The van der Waals surface area contributed by atoms with E-state index in [2.05, 4.69) is 16.5 Å². The highest BCUT2D eigenvalue weighted by atomic mass is 16.2. The lowest BCUT2D eigenvalue weighted by Crippen LogP contribution is -2.40. The predicted molar refractivity (Wildman–Crippen MR) is 145 cm³/mol. The first kappa shape index (κ1) is 23.8. The molecular weight excluding hydrogens is 478 g/mol. The molecule has 2 amide bonds. The molecule has 0 radical (unpaired) electrons. The highest BCUT2D eigenvalue weighted by Gasteiger charge is 2.28. The van der Waals surface area contributed by atoms with Crippen molar-refractivity contribution in [1.29, 1.82) is 0 Å². The summed E-state index contributed by atoms with van der Waals surface area (Å²) in [5.41, 5.74) is 11.5. The van der Waals surface area contributed by atoms with E-state index < -0.39 is 0 Å². The largest absolute Gasteiger partial charge is 0.383 e. The van der Waals surface area contributed by atoms with Crippen molar-refractivity contribution in [2.75, 3.05) is 25.4 Å². The van der Waals surface area contributed by atoms with Crippen molar-refractivity contribution in [3.63, 3.8) is 0 Å². The summed E-state index contributed by atoms with van der Waals surface area (Å²) >= 11 is 0. The summed E-state index contributed by atoms with van der Waals surface area (Å²) in [5.74, 6) is 0.363. The molecule has 6 rings (SSSR count). The van der Waals surface area contributed by atoms with Crippen LogP contribution in [0.25, 0.3) is 22.3 Å². The van der Waals surface area contributed by atoms with Gasteiger partial charge in [0.05, 0.1) is 11.4 Å². The number of anilines is 1. The number of fused-ring (bicyclic) bond motifs is 2. The van der Waals surface area contributed by atoms with E-state index in [9.17, 15) is 9.59 Å². The Kier molecular flexibility index (Phi) is 6.11. The Hall–Kier alpha value is -4.53. The second-order valence-electron chi connectivity index (χ2n) is 9.87. The number of hydrogen-bond donors (Lipinski definition) is 1. The quantitative estimate of drug-likeness (QED) is 0.413. The molecule has 1 atom stereocenters. The third kappa shape index (κ3) is 4.19. The monoisotopic (exact) mass is 507 g/mol. The van der Waals surface area contributed by atoms with Crippen LogP contribution in [0.15, 0.2) is 67.5 Å². The fourth-order valence-electron chi connectivity index (χ4n) is 5.55. The number of rotatable bonds is 5. The van der Waals surface area contributed by atoms with Crippen molar-refractivity contribution in [3.05, 3.63) is 84.2 Å². The van der Waals surface area contributed by atoms with Gasteiger partial charge in [0.1, 0.15) is 17.8 Å². The zero-order chi connectivity index (χ0) is 26.2. The summed E-state index contributed by atoms with van der Waals surface area (Å²) < 4.78 is 1.89. The molecule has 9 heteroatoms. The van der Waals surface area contributed by atoms with Crippen LogP contribution in [0.5, 0.6) is 0 Å². The smallest absolute Gasteiger partial charge is 0.254 e. The van der Waals surface area contributed by atoms with Gasteiger partial charge in [-0.15, -0.1) is 0 Å². The summed E-state index contributed by atoms with van der Waals surface area (Å²) in [6.45, 7) is 6.11. The maximum absolute atomic E-state index is 13.0. The first-order valence-corrected chi connectivity index (χ1v) is 12.9. The highest BCUT2D eigenvalue weighted by molar-refractivity contribution is 5.98. The Morgan fingerprint density at radius 2 is 1.92 bits per heavy atom. The van der Waals surface area contributed by atoms with E-state index >= 15 is 0 Å². The topological polar surface area (TPSA) is 110 Å². The number of amides is 2. The van der Waals surface area contributed by atoms with Crippen molar-refractivity contribution < 1.29 is 9.59 Å². The summed E-state index contributed by atoms with van der Waals surface area (Å²) in [4.78, 5) is 37.7. The van der Waals surface area contributed by atoms with Crippen molar-refractivity contribution in [3.8, 4) is 11.3 Å². The highest BCUT2D eigenvalue weighted by Crippen LogP contribution is 2.34. The van der Waals surface area contributed by atoms with Gasteiger partial charge < -0.3 is 15.5 Å². The predicted octanol–water partition coefficient (Wildman–Crippen LogP) is 3.62. The van der Waals surface area contributed by atoms with Gasteiger partial charge in [-0.05, 0) is 42.5 Å². The van der Waals surface area contributed by atoms with Crippen molar-refractivity contribution in [2.24, 2.45) is 0 Å². The van der Waals surface area contributed by atoms with Gasteiger partial charge in [0.25, 0.3) is 5.91 Å². The maximum atomic E-state index is 13.0. The lowest BCUT2D eigenvalue weighted by atomic mass is 9.98. The summed E-state index contributed by atoms with van der Waals surface area (Å²) in [6, 6.07) is 15.9. The molecule has 0 spiro atoms. The maximum Gasteiger partial charge on any atom is 0.254 e. The van der Waals surface area contributed by atoms with Crippen LogP contribution in [0, 0.1) is 0 Å². The van der Waals surface area contributed by atoms with E-state index in [-0.39, 0.29) is 17.9 Å². The molecule has 1 saturated heterocycles. The molecule has 2 aromatic heterocycles. The SMILES string of the molecule is C=CC(=O)N1CCCC(n2nc(-c3ccc(CN4CCc5ccccc5C4=O)cc3)c3c(N)ncnc32)C1. The van der Waals surface area contributed by atoms with Gasteiger partial charge in [0.2, 0.25) is 5.91 Å². The van der Waals surface area contributed by atoms with Crippen LogP contribution in [0.1, 0.15) is 40.4 Å². The number of hydrogen-bond acceptors (Lipinski definition) is 6. The lowest BCUT2D eigenvalue weighted by molar-refractivity contribution is -0.127. The average molecular weight is 508 g/mol. The van der Waals surface area contributed by atoms with Gasteiger partial charge >= 0.3 is 0 Å². The molecular formula is C29H29N7O2. The molecule has 1 unspecified atom stereocenters. The van der Waals surface area contributed by atoms with Crippen LogP contribution in [0.3, 0.4) is 0 Å². The zero-order valence-electron chi connectivity index (χ0n) is 21.1. The van der Waals surface area contributed by atoms with Crippen LogP contribution in [-0.4, -0.2) is 61.0 Å². The number of aromatic nitrogens is 4. The summed E-state index contributed by atoms with van der Waals surface area (Å²) in [6.07, 6.45) is 5.42. The minimum absolute atomic E-state index is 0.0227. The second kappa shape index (κ2) is 9.74. The molecule has 0 aliphatic carbocycles. The van der Waals surface area contributed by atoms with Gasteiger partial charge in [0, 0.05) is 37.3 Å². The van der Waals surface area contributed by atoms with Gasteiger partial charge in [-0.25, -0.2) is 14.6 Å². The Morgan fingerprint density at radius 3 is 2.74 bits per heavy atom. The molecule has 1 fully saturated rings. The fourth-order valence-corrected chi connectivity index (χ4v) is 5.55.